The van der Waals surface area contributed by atoms with E-state index in [1.54, 1.807) is 18.2 Å². The van der Waals surface area contributed by atoms with Crippen molar-refractivity contribution in [2.75, 3.05) is 13.7 Å². The van der Waals surface area contributed by atoms with Crippen LogP contribution in [0.2, 0.25) is 0 Å². The Morgan fingerprint density at radius 3 is 2.40 bits per heavy atom. The zero-order chi connectivity index (χ0) is 24.6. The second kappa shape index (κ2) is 11.1. The normalized spacial score (nSPS) is 15.6. The van der Waals surface area contributed by atoms with Crippen molar-refractivity contribution in [3.8, 4) is 11.5 Å². The average molecular weight is 473 g/mol. The number of hydrogen-bond acceptors (Lipinski definition) is 6. The van der Waals surface area contributed by atoms with Crippen LogP contribution in [0.15, 0.2) is 84.0 Å². The van der Waals surface area contributed by atoms with E-state index in [2.05, 4.69) is 10.0 Å². The summed E-state index contributed by atoms with van der Waals surface area (Å²) in [5, 5.41) is 3.72. The van der Waals surface area contributed by atoms with Crippen LogP contribution in [0.3, 0.4) is 0 Å². The molecule has 1 saturated heterocycles. The van der Waals surface area contributed by atoms with Crippen LogP contribution in [0.25, 0.3) is 10.4 Å². The number of carbonyl (C=O) groups is 2. The van der Waals surface area contributed by atoms with Crippen LogP contribution < -0.4 is 9.47 Å². The third kappa shape index (κ3) is 5.72. The Morgan fingerprint density at radius 2 is 1.74 bits per heavy atom. The summed E-state index contributed by atoms with van der Waals surface area (Å²) >= 11 is 0. The number of imide groups is 1. The van der Waals surface area contributed by atoms with Crippen LogP contribution in [0.4, 0.5) is 4.79 Å². The first-order valence-corrected chi connectivity index (χ1v) is 11.0. The number of carbonyl (C=O) groups excluding carboxylic acids is 2. The lowest BCUT2D eigenvalue weighted by Gasteiger charge is -2.23. The lowest BCUT2D eigenvalue weighted by molar-refractivity contribution is -0.130. The fraction of sp³-hybridized carbons (Fsp3) is 0.231. The van der Waals surface area contributed by atoms with Crippen LogP contribution >= 0.6 is 0 Å². The Labute approximate surface area is 202 Å². The molecule has 35 heavy (non-hydrogen) atoms. The van der Waals surface area contributed by atoms with E-state index >= 15 is 0 Å². The van der Waals surface area contributed by atoms with E-state index in [0.29, 0.717) is 30.1 Å². The molecule has 0 radical (unpaired) electrons. The molecule has 3 aromatic rings. The molecule has 0 aliphatic carbocycles. The summed E-state index contributed by atoms with van der Waals surface area (Å²) in [6.07, 6.45) is -0.345. The van der Waals surface area contributed by atoms with Gasteiger partial charge in [-0.05, 0) is 40.8 Å². The zero-order valence-corrected chi connectivity index (χ0v) is 19.1. The summed E-state index contributed by atoms with van der Waals surface area (Å²) in [4.78, 5) is 29.9. The lowest BCUT2D eigenvalue weighted by atomic mass is 10.0. The first-order valence-electron chi connectivity index (χ1n) is 11.0. The molecule has 1 heterocycles. The number of methoxy groups -OCH3 is 1. The number of hydrogen-bond donors (Lipinski definition) is 0. The van der Waals surface area contributed by atoms with Crippen molar-refractivity contribution in [3.05, 3.63) is 106 Å². The Hall–Kier alpha value is -4.49. The van der Waals surface area contributed by atoms with Crippen molar-refractivity contribution < 1.29 is 23.8 Å². The van der Waals surface area contributed by atoms with Crippen LogP contribution in [0.5, 0.6) is 11.5 Å². The highest BCUT2D eigenvalue weighted by Gasteiger charge is 2.41. The number of amides is 2. The van der Waals surface area contributed by atoms with E-state index in [1.165, 1.54) is 7.11 Å². The molecule has 1 fully saturated rings. The summed E-state index contributed by atoms with van der Waals surface area (Å²) < 4.78 is 16.4. The maximum Gasteiger partial charge on any atom is 0.417 e. The molecular formula is C26H24N4O5. The van der Waals surface area contributed by atoms with E-state index in [9.17, 15) is 15.1 Å². The predicted octanol–water partition coefficient (Wildman–Crippen LogP) is 5.22. The minimum atomic E-state index is -1.31. The Kier molecular flexibility index (Phi) is 7.50. The molecule has 0 aromatic heterocycles. The molecular weight excluding hydrogens is 448 g/mol. The highest BCUT2D eigenvalue weighted by atomic mass is 16.6. The second-order valence-electron chi connectivity index (χ2n) is 7.95. The number of benzene rings is 3. The largest absolute Gasteiger partial charge is 0.497 e. The van der Waals surface area contributed by atoms with Gasteiger partial charge in [-0.1, -0.05) is 65.8 Å². The summed E-state index contributed by atoms with van der Waals surface area (Å²) in [5.41, 5.74) is 11.5. The van der Waals surface area contributed by atoms with Crippen molar-refractivity contribution in [2.45, 2.75) is 25.1 Å². The zero-order valence-electron chi connectivity index (χ0n) is 19.1. The van der Waals surface area contributed by atoms with Gasteiger partial charge in [-0.2, -0.15) is 0 Å². The van der Waals surface area contributed by atoms with E-state index in [1.807, 2.05) is 60.7 Å². The van der Waals surface area contributed by atoms with Gasteiger partial charge >= 0.3 is 6.09 Å². The SMILES string of the molecule is COc1cc(OCc2ccccc2)cc([C@H](N=[N+]=[N-])C(=O)N2C(=O)OC[C@@H]2Cc2ccccc2)c1. The first kappa shape index (κ1) is 23.7. The summed E-state index contributed by atoms with van der Waals surface area (Å²) in [6, 6.07) is 22.1. The Balaban J connectivity index is 1.60. The Morgan fingerprint density at radius 1 is 1.09 bits per heavy atom. The van der Waals surface area contributed by atoms with Gasteiger partial charge in [0.15, 0.2) is 0 Å². The summed E-state index contributed by atoms with van der Waals surface area (Å²) in [5.74, 6) is 0.175. The van der Waals surface area contributed by atoms with Gasteiger partial charge in [-0.25, -0.2) is 9.69 Å². The highest BCUT2D eigenvalue weighted by Crippen LogP contribution is 2.32. The first-order chi connectivity index (χ1) is 17.1. The fourth-order valence-corrected chi connectivity index (χ4v) is 3.90. The molecule has 0 bridgehead atoms. The molecule has 0 saturated carbocycles. The van der Waals surface area contributed by atoms with Crippen LogP contribution in [-0.2, 0) is 22.6 Å². The smallest absolute Gasteiger partial charge is 0.417 e. The molecule has 0 unspecified atom stereocenters. The molecule has 178 valence electrons. The quantitative estimate of drug-likeness (QED) is 0.241. The van der Waals surface area contributed by atoms with Crippen molar-refractivity contribution in [2.24, 2.45) is 5.11 Å². The third-order valence-electron chi connectivity index (χ3n) is 5.62. The average Bonchev–Trinajstić information content (AvgIpc) is 3.26. The van der Waals surface area contributed by atoms with Crippen molar-refractivity contribution in [1.82, 2.24) is 4.90 Å². The summed E-state index contributed by atoms with van der Waals surface area (Å²) in [7, 11) is 1.48. The molecule has 1 aliphatic rings. The molecule has 2 amide bonds. The van der Waals surface area contributed by atoms with Gasteiger partial charge in [-0.15, -0.1) is 0 Å². The van der Waals surface area contributed by atoms with Gasteiger partial charge in [0.05, 0.1) is 13.2 Å². The maximum absolute atomic E-state index is 13.5. The minimum absolute atomic E-state index is 0.0615. The maximum atomic E-state index is 13.5. The third-order valence-corrected chi connectivity index (χ3v) is 5.62. The van der Waals surface area contributed by atoms with Gasteiger partial charge in [0.25, 0.3) is 0 Å². The summed E-state index contributed by atoms with van der Waals surface area (Å²) in [6.45, 7) is 0.358. The number of rotatable bonds is 9. The van der Waals surface area contributed by atoms with E-state index in [0.717, 1.165) is 16.0 Å². The predicted molar refractivity (Wildman–Crippen MR) is 128 cm³/mol. The van der Waals surface area contributed by atoms with Gasteiger partial charge in [0.1, 0.15) is 30.8 Å². The van der Waals surface area contributed by atoms with E-state index in [4.69, 9.17) is 14.2 Å². The van der Waals surface area contributed by atoms with Gasteiger partial charge in [-0.3, -0.25) is 4.79 Å². The molecule has 0 N–H and O–H groups in total. The minimum Gasteiger partial charge on any atom is -0.497 e. The fourth-order valence-electron chi connectivity index (χ4n) is 3.90. The van der Waals surface area contributed by atoms with E-state index < -0.39 is 24.1 Å². The highest BCUT2D eigenvalue weighted by molar-refractivity contribution is 5.97. The standard InChI is InChI=1S/C26H24N4O5/c1-33-22-13-20(14-23(15-22)34-16-19-10-6-3-7-11-19)24(28-29-27)25(31)30-21(17-35-26(30)32)12-18-8-4-2-5-9-18/h2-11,13-15,21,24H,12,16-17H2,1H3/t21-,24-/m0/s1. The monoisotopic (exact) mass is 472 g/mol. The number of azide groups is 1. The molecule has 9 heteroatoms. The van der Waals surface area contributed by atoms with Gasteiger partial charge in [0.2, 0.25) is 5.91 Å². The van der Waals surface area contributed by atoms with Crippen molar-refractivity contribution in [3.63, 3.8) is 0 Å². The molecule has 2 atom stereocenters. The van der Waals surface area contributed by atoms with Crippen molar-refractivity contribution >= 4 is 12.0 Å². The topological polar surface area (TPSA) is 114 Å². The lowest BCUT2D eigenvalue weighted by Crippen LogP contribution is -2.42. The molecule has 1 aliphatic heterocycles. The van der Waals surface area contributed by atoms with Crippen LogP contribution in [0, 0.1) is 0 Å². The Bertz CT molecular complexity index is 1230. The van der Waals surface area contributed by atoms with Gasteiger partial charge < -0.3 is 14.2 Å². The number of nitrogens with zero attached hydrogens (tertiary/aromatic N) is 4. The second-order valence-corrected chi connectivity index (χ2v) is 7.95. The van der Waals surface area contributed by atoms with Crippen LogP contribution in [0.1, 0.15) is 22.7 Å². The number of cyclic esters (lactones) is 1. The van der Waals surface area contributed by atoms with Crippen molar-refractivity contribution in [1.29, 1.82) is 0 Å². The molecule has 9 nitrogen and oxygen atoms in total. The molecule has 3 aromatic carbocycles. The molecule has 4 rings (SSSR count). The number of ether oxygens (including phenoxy) is 3. The van der Waals surface area contributed by atoms with Gasteiger partial charge in [0, 0.05) is 11.0 Å². The molecule has 0 spiro atoms. The van der Waals surface area contributed by atoms with E-state index in [-0.39, 0.29) is 6.61 Å². The van der Waals surface area contributed by atoms with Crippen LogP contribution in [-0.4, -0.2) is 36.7 Å².